The van der Waals surface area contributed by atoms with Gasteiger partial charge in [0.15, 0.2) is 0 Å². The molecule has 30 heavy (non-hydrogen) atoms. The average molecular weight is 471 g/mol. The largest absolute Gasteiger partial charge is 0.280 e. The van der Waals surface area contributed by atoms with Crippen LogP contribution in [0.5, 0.6) is 0 Å². The molecule has 2 atom stereocenters. The number of anilines is 1. The summed E-state index contributed by atoms with van der Waals surface area (Å²) >= 11 is 6.06. The van der Waals surface area contributed by atoms with Crippen molar-refractivity contribution in [2.75, 3.05) is 4.72 Å². The maximum absolute atomic E-state index is 13.1. The van der Waals surface area contributed by atoms with Gasteiger partial charge in [-0.05, 0) is 88.1 Å². The van der Waals surface area contributed by atoms with Gasteiger partial charge in [-0.25, -0.2) is 16.8 Å². The van der Waals surface area contributed by atoms with Crippen LogP contribution in [0.25, 0.3) is 0 Å². The first kappa shape index (κ1) is 23.1. The molecule has 2 aromatic rings. The molecule has 0 aliphatic carbocycles. The zero-order chi connectivity index (χ0) is 22.3. The number of nitrogens with zero attached hydrogens (tertiary/aromatic N) is 1. The van der Waals surface area contributed by atoms with E-state index in [1.165, 1.54) is 30.3 Å². The molecule has 1 saturated heterocycles. The summed E-state index contributed by atoms with van der Waals surface area (Å²) in [4.78, 5) is 0.293. The molecule has 0 unspecified atom stereocenters. The molecule has 2 aromatic carbocycles. The molecule has 0 bridgehead atoms. The standard InChI is InChI=1S/C21H27ClN2O4S2/c1-14-13-21(15(2)12-20(14)22)29(25,26)23-18-8-10-19(11-9-18)30(27,28)24-16(3)6-5-7-17(24)4/h8-13,16-17,23H,5-7H2,1-4H3/t16-,17-/m1/s1. The normalized spacial score (nSPS) is 20.8. The van der Waals surface area contributed by atoms with Crippen LogP contribution in [0.15, 0.2) is 46.2 Å². The third-order valence-corrected chi connectivity index (χ3v) is 9.61. The Bertz CT molecular complexity index is 1140. The second-order valence-electron chi connectivity index (χ2n) is 7.96. The molecule has 1 aliphatic rings. The monoisotopic (exact) mass is 470 g/mol. The Morgan fingerprint density at radius 3 is 2.07 bits per heavy atom. The zero-order valence-corrected chi connectivity index (χ0v) is 19.9. The number of piperidine rings is 1. The Morgan fingerprint density at radius 1 is 0.933 bits per heavy atom. The van der Waals surface area contributed by atoms with Crippen molar-refractivity contribution in [3.05, 3.63) is 52.5 Å². The quantitative estimate of drug-likeness (QED) is 0.685. The fourth-order valence-corrected chi connectivity index (χ4v) is 7.41. The Labute approximate surface area is 184 Å². The van der Waals surface area contributed by atoms with Gasteiger partial charge in [0.05, 0.1) is 9.79 Å². The van der Waals surface area contributed by atoms with E-state index in [4.69, 9.17) is 11.6 Å². The first-order chi connectivity index (χ1) is 13.9. The first-order valence-electron chi connectivity index (χ1n) is 9.86. The lowest BCUT2D eigenvalue weighted by Gasteiger charge is -2.37. The lowest BCUT2D eigenvalue weighted by molar-refractivity contribution is 0.204. The summed E-state index contributed by atoms with van der Waals surface area (Å²) in [5.41, 5.74) is 1.49. The van der Waals surface area contributed by atoms with Crippen LogP contribution in [0.2, 0.25) is 5.02 Å². The minimum atomic E-state index is -3.84. The fraction of sp³-hybridized carbons (Fsp3) is 0.429. The van der Waals surface area contributed by atoms with E-state index in [-0.39, 0.29) is 21.9 Å². The highest BCUT2D eigenvalue weighted by molar-refractivity contribution is 7.92. The molecule has 1 fully saturated rings. The van der Waals surface area contributed by atoms with Crippen LogP contribution in [0.1, 0.15) is 44.2 Å². The van der Waals surface area contributed by atoms with E-state index >= 15 is 0 Å². The maximum atomic E-state index is 13.1. The van der Waals surface area contributed by atoms with Crippen LogP contribution in [-0.4, -0.2) is 33.2 Å². The van der Waals surface area contributed by atoms with Crippen LogP contribution in [0, 0.1) is 13.8 Å². The predicted octanol–water partition coefficient (Wildman–Crippen LogP) is 4.71. The van der Waals surface area contributed by atoms with Crippen LogP contribution < -0.4 is 4.72 Å². The molecular formula is C21H27ClN2O4S2. The molecule has 3 rings (SSSR count). The van der Waals surface area contributed by atoms with Crippen molar-refractivity contribution in [2.45, 2.75) is 68.8 Å². The summed E-state index contributed by atoms with van der Waals surface area (Å²) < 4.78 is 56.0. The number of benzene rings is 2. The van der Waals surface area contributed by atoms with E-state index in [2.05, 4.69) is 4.72 Å². The maximum Gasteiger partial charge on any atom is 0.262 e. The molecular weight excluding hydrogens is 444 g/mol. The molecule has 1 aliphatic heterocycles. The SMILES string of the molecule is Cc1cc(S(=O)(=O)Nc2ccc(S(=O)(=O)N3[C@H](C)CCC[C@H]3C)cc2)c(C)cc1Cl. The number of hydrogen-bond acceptors (Lipinski definition) is 4. The van der Waals surface area contributed by atoms with Crippen molar-refractivity contribution in [1.82, 2.24) is 4.31 Å². The van der Waals surface area contributed by atoms with Gasteiger partial charge in [0.1, 0.15) is 0 Å². The Kier molecular flexibility index (Phi) is 6.53. The number of rotatable bonds is 5. The molecule has 9 heteroatoms. The number of halogens is 1. The molecule has 164 valence electrons. The van der Waals surface area contributed by atoms with Crippen molar-refractivity contribution in [3.63, 3.8) is 0 Å². The van der Waals surface area contributed by atoms with Crippen molar-refractivity contribution in [1.29, 1.82) is 0 Å². The molecule has 1 N–H and O–H groups in total. The van der Waals surface area contributed by atoms with Gasteiger partial charge in [0.2, 0.25) is 10.0 Å². The number of hydrogen-bond donors (Lipinski definition) is 1. The van der Waals surface area contributed by atoms with E-state index in [9.17, 15) is 16.8 Å². The Balaban J connectivity index is 1.86. The summed E-state index contributed by atoms with van der Waals surface area (Å²) in [6.07, 6.45) is 2.68. The Hall–Kier alpha value is -1.61. The average Bonchev–Trinajstić information content (AvgIpc) is 2.64. The second-order valence-corrected chi connectivity index (χ2v) is 11.9. The van der Waals surface area contributed by atoms with Crippen molar-refractivity contribution in [2.24, 2.45) is 0 Å². The van der Waals surface area contributed by atoms with E-state index in [0.29, 0.717) is 21.8 Å². The highest BCUT2D eigenvalue weighted by atomic mass is 35.5. The third kappa shape index (κ3) is 4.51. The van der Waals surface area contributed by atoms with Crippen molar-refractivity contribution in [3.8, 4) is 0 Å². The molecule has 6 nitrogen and oxygen atoms in total. The van der Waals surface area contributed by atoms with Gasteiger partial charge < -0.3 is 0 Å². The molecule has 0 saturated carbocycles. The van der Waals surface area contributed by atoms with Gasteiger partial charge >= 0.3 is 0 Å². The molecule has 0 amide bonds. The smallest absolute Gasteiger partial charge is 0.262 e. The van der Waals surface area contributed by atoms with Gasteiger partial charge in [0.25, 0.3) is 10.0 Å². The molecule has 0 spiro atoms. The zero-order valence-electron chi connectivity index (χ0n) is 17.5. The van der Waals surface area contributed by atoms with Crippen molar-refractivity contribution >= 4 is 37.3 Å². The van der Waals surface area contributed by atoms with Crippen LogP contribution in [-0.2, 0) is 20.0 Å². The van der Waals surface area contributed by atoms with E-state index in [0.717, 1.165) is 19.3 Å². The van der Waals surface area contributed by atoms with Crippen LogP contribution in [0.3, 0.4) is 0 Å². The third-order valence-electron chi connectivity index (χ3n) is 5.54. The van der Waals surface area contributed by atoms with Gasteiger partial charge in [-0.1, -0.05) is 18.0 Å². The van der Waals surface area contributed by atoms with Gasteiger partial charge in [-0.15, -0.1) is 0 Å². The summed E-state index contributed by atoms with van der Waals surface area (Å²) in [7, 11) is -7.49. The van der Waals surface area contributed by atoms with E-state index < -0.39 is 20.0 Å². The second kappa shape index (κ2) is 8.49. The minimum absolute atomic E-state index is 0.0620. The van der Waals surface area contributed by atoms with Crippen LogP contribution in [0.4, 0.5) is 5.69 Å². The highest BCUT2D eigenvalue weighted by Crippen LogP contribution is 2.30. The lowest BCUT2D eigenvalue weighted by atomic mass is 10.0. The molecule has 0 aromatic heterocycles. The van der Waals surface area contributed by atoms with Gasteiger partial charge in [-0.3, -0.25) is 4.72 Å². The number of aryl methyl sites for hydroxylation is 2. The number of nitrogens with one attached hydrogen (secondary N) is 1. The molecule has 0 radical (unpaired) electrons. The van der Waals surface area contributed by atoms with Crippen LogP contribution >= 0.6 is 11.6 Å². The predicted molar refractivity (Wildman–Crippen MR) is 120 cm³/mol. The van der Waals surface area contributed by atoms with E-state index in [1.807, 2.05) is 13.8 Å². The lowest BCUT2D eigenvalue weighted by Crippen LogP contribution is -2.47. The topological polar surface area (TPSA) is 83.5 Å². The van der Waals surface area contributed by atoms with Gasteiger partial charge in [-0.2, -0.15) is 4.31 Å². The fourth-order valence-electron chi connectivity index (χ4n) is 3.94. The van der Waals surface area contributed by atoms with Crippen molar-refractivity contribution < 1.29 is 16.8 Å². The summed E-state index contributed by atoms with van der Waals surface area (Å²) in [6.45, 7) is 7.26. The van der Waals surface area contributed by atoms with E-state index in [1.54, 1.807) is 24.2 Å². The number of sulfonamides is 2. The summed E-state index contributed by atoms with van der Waals surface area (Å²) in [5, 5.41) is 0.502. The summed E-state index contributed by atoms with van der Waals surface area (Å²) in [5.74, 6) is 0. The summed E-state index contributed by atoms with van der Waals surface area (Å²) in [6, 6.07) is 8.85. The molecule has 1 heterocycles. The van der Waals surface area contributed by atoms with Gasteiger partial charge in [0, 0.05) is 22.8 Å². The minimum Gasteiger partial charge on any atom is -0.280 e. The first-order valence-corrected chi connectivity index (χ1v) is 13.2. The highest BCUT2D eigenvalue weighted by Gasteiger charge is 2.35. The Morgan fingerprint density at radius 2 is 1.50 bits per heavy atom.